The van der Waals surface area contributed by atoms with E-state index in [1.54, 1.807) is 0 Å². The van der Waals surface area contributed by atoms with Crippen molar-refractivity contribution in [1.82, 2.24) is 4.31 Å². The van der Waals surface area contributed by atoms with Crippen LogP contribution in [-0.2, 0) is 10.0 Å². The Labute approximate surface area is 121 Å². The van der Waals surface area contributed by atoms with Gasteiger partial charge in [-0.05, 0) is 24.8 Å². The van der Waals surface area contributed by atoms with Gasteiger partial charge < -0.3 is 5.11 Å². The fourth-order valence-corrected chi connectivity index (χ4v) is 3.55. The number of nitrogens with zero attached hydrogens (tertiary/aromatic N) is 2. The lowest BCUT2D eigenvalue weighted by Gasteiger charge is -2.34. The van der Waals surface area contributed by atoms with E-state index in [9.17, 15) is 28.0 Å². The van der Waals surface area contributed by atoms with Crippen molar-refractivity contribution in [1.29, 1.82) is 0 Å². The zero-order chi connectivity index (χ0) is 15.8. The maximum Gasteiger partial charge on any atom is 0.304 e. The van der Waals surface area contributed by atoms with Crippen LogP contribution in [0.25, 0.3) is 0 Å². The summed E-state index contributed by atoms with van der Waals surface area (Å²) >= 11 is 0. The predicted molar refractivity (Wildman–Crippen MR) is 71.6 cm³/mol. The molecule has 1 N–H and O–H groups in total. The molecule has 1 aromatic carbocycles. The summed E-state index contributed by atoms with van der Waals surface area (Å²) in [6.45, 7) is 0.220. The summed E-state index contributed by atoms with van der Waals surface area (Å²) in [5.74, 6) is -1.11. The number of rotatable bonds is 5. The minimum Gasteiger partial charge on any atom is -0.393 e. The number of nitro groups is 1. The highest BCUT2D eigenvalue weighted by Gasteiger charge is 2.32. The average molecular weight is 318 g/mol. The van der Waals surface area contributed by atoms with Crippen LogP contribution in [0.1, 0.15) is 12.8 Å². The summed E-state index contributed by atoms with van der Waals surface area (Å²) in [6, 6.07) is 2.51. The molecule has 0 aliphatic heterocycles. The molecule has 2 rings (SSSR count). The number of aliphatic hydroxyl groups excluding tert-OH is 1. The van der Waals surface area contributed by atoms with Crippen LogP contribution in [0, 0.1) is 21.8 Å². The van der Waals surface area contributed by atoms with E-state index < -0.39 is 26.5 Å². The average Bonchev–Trinajstić information content (AvgIpc) is 2.36. The second-order valence-corrected chi connectivity index (χ2v) is 7.19. The van der Waals surface area contributed by atoms with E-state index in [0.29, 0.717) is 18.9 Å². The molecule has 9 heteroatoms. The van der Waals surface area contributed by atoms with E-state index in [0.717, 1.165) is 16.4 Å². The van der Waals surface area contributed by atoms with Crippen LogP contribution >= 0.6 is 0 Å². The summed E-state index contributed by atoms with van der Waals surface area (Å²) in [5, 5.41) is 19.7. The summed E-state index contributed by atoms with van der Waals surface area (Å²) in [7, 11) is -2.54. The first kappa shape index (κ1) is 15.8. The molecule has 1 fully saturated rings. The molecule has 0 unspecified atom stereocenters. The molecular formula is C12H15FN2O5S. The molecule has 1 aliphatic carbocycles. The Kier molecular flexibility index (Phi) is 4.26. The van der Waals surface area contributed by atoms with E-state index in [1.165, 1.54) is 7.05 Å². The van der Waals surface area contributed by atoms with Gasteiger partial charge >= 0.3 is 5.69 Å². The molecule has 0 saturated heterocycles. The molecule has 1 saturated carbocycles. The smallest absolute Gasteiger partial charge is 0.304 e. The zero-order valence-corrected chi connectivity index (χ0v) is 12.1. The Morgan fingerprint density at radius 2 is 2.10 bits per heavy atom. The summed E-state index contributed by atoms with van der Waals surface area (Å²) < 4.78 is 39.1. The van der Waals surface area contributed by atoms with Crippen LogP contribution < -0.4 is 0 Å². The van der Waals surface area contributed by atoms with Gasteiger partial charge in [0.2, 0.25) is 15.8 Å². The van der Waals surface area contributed by atoms with Crippen LogP contribution in [0.4, 0.5) is 10.1 Å². The van der Waals surface area contributed by atoms with Gasteiger partial charge in [0, 0.05) is 25.7 Å². The van der Waals surface area contributed by atoms with Gasteiger partial charge in [-0.3, -0.25) is 10.1 Å². The van der Waals surface area contributed by atoms with Crippen molar-refractivity contribution in [3.8, 4) is 0 Å². The maximum atomic E-state index is 13.5. The molecule has 1 aliphatic rings. The van der Waals surface area contributed by atoms with Gasteiger partial charge in [-0.2, -0.15) is 4.39 Å². The number of benzene rings is 1. The molecule has 7 nitrogen and oxygen atoms in total. The van der Waals surface area contributed by atoms with Crippen molar-refractivity contribution in [2.24, 2.45) is 5.92 Å². The van der Waals surface area contributed by atoms with Crippen molar-refractivity contribution >= 4 is 15.7 Å². The summed E-state index contributed by atoms with van der Waals surface area (Å²) in [6.07, 6.45) is 0.686. The van der Waals surface area contributed by atoms with Crippen LogP contribution in [-0.4, -0.2) is 42.4 Å². The molecule has 0 bridgehead atoms. The highest BCUT2D eigenvalue weighted by Crippen LogP contribution is 2.29. The minimum atomic E-state index is -3.90. The number of nitro benzene ring substituents is 1. The van der Waals surface area contributed by atoms with Crippen LogP contribution in [0.5, 0.6) is 0 Å². The first-order valence-corrected chi connectivity index (χ1v) is 7.74. The minimum absolute atomic E-state index is 0.0719. The Balaban J connectivity index is 2.18. The topological polar surface area (TPSA) is 101 Å². The second-order valence-electron chi connectivity index (χ2n) is 5.15. The lowest BCUT2D eigenvalue weighted by atomic mass is 9.82. The van der Waals surface area contributed by atoms with Crippen LogP contribution in [0.2, 0.25) is 0 Å². The van der Waals surface area contributed by atoms with Crippen molar-refractivity contribution in [3.63, 3.8) is 0 Å². The summed E-state index contributed by atoms with van der Waals surface area (Å²) in [5.41, 5.74) is -0.765. The maximum absolute atomic E-state index is 13.5. The zero-order valence-electron chi connectivity index (χ0n) is 11.3. The van der Waals surface area contributed by atoms with Crippen molar-refractivity contribution < 1.29 is 22.8 Å². The summed E-state index contributed by atoms with van der Waals surface area (Å²) in [4.78, 5) is 9.28. The number of sulfonamides is 1. The lowest BCUT2D eigenvalue weighted by molar-refractivity contribution is -0.387. The molecule has 0 aromatic heterocycles. The highest BCUT2D eigenvalue weighted by molar-refractivity contribution is 7.89. The van der Waals surface area contributed by atoms with Gasteiger partial charge in [0.05, 0.1) is 15.9 Å². The molecule has 0 spiro atoms. The first-order chi connectivity index (χ1) is 9.71. The van der Waals surface area contributed by atoms with Crippen molar-refractivity contribution in [2.75, 3.05) is 13.6 Å². The van der Waals surface area contributed by atoms with E-state index in [1.807, 2.05) is 0 Å². The number of hydrogen-bond donors (Lipinski definition) is 1. The van der Waals surface area contributed by atoms with Gasteiger partial charge in [-0.15, -0.1) is 0 Å². The number of aliphatic hydroxyl groups is 1. The van der Waals surface area contributed by atoms with Gasteiger partial charge in [-0.25, -0.2) is 12.7 Å². The van der Waals surface area contributed by atoms with E-state index in [-0.39, 0.29) is 23.5 Å². The van der Waals surface area contributed by atoms with Crippen molar-refractivity contribution in [3.05, 3.63) is 34.1 Å². The standard InChI is InChI=1S/C12H15FN2O5S/c1-14(7-8-4-9(16)5-8)21(19,20)10-2-3-12(15(17)18)11(13)6-10/h2-3,6,8-9,16H,4-5,7H2,1H3. The van der Waals surface area contributed by atoms with E-state index in [2.05, 4.69) is 0 Å². The Hall–Kier alpha value is -1.58. The fourth-order valence-electron chi connectivity index (χ4n) is 2.29. The predicted octanol–water partition coefficient (Wildman–Crippen LogP) is 1.13. The Morgan fingerprint density at radius 1 is 1.48 bits per heavy atom. The highest BCUT2D eigenvalue weighted by atomic mass is 32.2. The number of hydrogen-bond acceptors (Lipinski definition) is 5. The largest absolute Gasteiger partial charge is 0.393 e. The van der Waals surface area contributed by atoms with Gasteiger partial charge in [-0.1, -0.05) is 0 Å². The molecule has 0 radical (unpaired) electrons. The monoisotopic (exact) mass is 318 g/mol. The second kappa shape index (κ2) is 5.66. The third-order valence-electron chi connectivity index (χ3n) is 3.55. The quantitative estimate of drug-likeness (QED) is 0.648. The molecule has 0 atom stereocenters. The Bertz CT molecular complexity index is 658. The van der Waals surface area contributed by atoms with Gasteiger partial charge in [0.15, 0.2) is 0 Å². The third-order valence-corrected chi connectivity index (χ3v) is 5.37. The van der Waals surface area contributed by atoms with Gasteiger partial charge in [0.25, 0.3) is 0 Å². The van der Waals surface area contributed by atoms with Crippen molar-refractivity contribution in [2.45, 2.75) is 23.8 Å². The van der Waals surface area contributed by atoms with Gasteiger partial charge in [0.1, 0.15) is 0 Å². The third kappa shape index (κ3) is 3.20. The fraction of sp³-hybridized carbons (Fsp3) is 0.500. The first-order valence-electron chi connectivity index (χ1n) is 6.30. The van der Waals surface area contributed by atoms with Crippen LogP contribution in [0.3, 0.4) is 0 Å². The molecule has 0 amide bonds. The molecule has 1 aromatic rings. The molecular weight excluding hydrogens is 303 g/mol. The van der Waals surface area contributed by atoms with E-state index >= 15 is 0 Å². The molecule has 21 heavy (non-hydrogen) atoms. The molecule has 0 heterocycles. The number of halogens is 1. The van der Waals surface area contributed by atoms with E-state index in [4.69, 9.17) is 0 Å². The molecule has 116 valence electrons. The SMILES string of the molecule is CN(CC1CC(O)C1)S(=O)(=O)c1ccc([N+](=O)[O-])c(F)c1. The normalized spacial score (nSPS) is 22.1. The Morgan fingerprint density at radius 3 is 2.57 bits per heavy atom. The van der Waals surface area contributed by atoms with Crippen LogP contribution in [0.15, 0.2) is 23.1 Å². The lowest BCUT2D eigenvalue weighted by Crippen LogP contribution is -2.39.